The van der Waals surface area contributed by atoms with E-state index in [1.165, 1.54) is 6.42 Å². The van der Waals surface area contributed by atoms with Gasteiger partial charge in [0, 0.05) is 18.7 Å². The molecule has 1 aliphatic heterocycles. The van der Waals surface area contributed by atoms with E-state index in [2.05, 4.69) is 14.8 Å². The van der Waals surface area contributed by atoms with E-state index in [4.69, 9.17) is 10.5 Å². The lowest BCUT2D eigenvalue weighted by Crippen LogP contribution is -2.23. The van der Waals surface area contributed by atoms with E-state index in [0.29, 0.717) is 6.54 Å². The normalized spacial score (nSPS) is 19.1. The molecule has 3 rings (SSSR count). The Kier molecular flexibility index (Phi) is 4.08. The molecule has 0 amide bonds. The minimum atomic E-state index is 0.251. The van der Waals surface area contributed by atoms with Gasteiger partial charge in [-0.05, 0) is 31.4 Å². The van der Waals surface area contributed by atoms with Gasteiger partial charge in [0.25, 0.3) is 0 Å². The van der Waals surface area contributed by atoms with Crippen molar-refractivity contribution in [2.24, 2.45) is 5.73 Å². The second-order valence-electron chi connectivity index (χ2n) is 5.10. The molecule has 1 saturated heterocycles. The predicted octanol–water partition coefficient (Wildman–Crippen LogP) is 1.84. The molecule has 5 heteroatoms. The maximum absolute atomic E-state index is 5.80. The van der Waals surface area contributed by atoms with Crippen molar-refractivity contribution in [2.75, 3.05) is 6.61 Å². The fraction of sp³-hybridized carbons (Fsp3) is 0.467. The number of nitrogens with two attached hydrogens (primary N) is 1. The average molecular weight is 272 g/mol. The van der Waals surface area contributed by atoms with Gasteiger partial charge in [0.1, 0.15) is 5.82 Å². The summed E-state index contributed by atoms with van der Waals surface area (Å²) in [4.78, 5) is 0. The summed E-state index contributed by atoms with van der Waals surface area (Å²) in [5.74, 6) is 1.73. The highest BCUT2D eigenvalue weighted by molar-refractivity contribution is 5.34. The highest BCUT2D eigenvalue weighted by Gasteiger charge is 2.20. The number of aromatic nitrogens is 3. The summed E-state index contributed by atoms with van der Waals surface area (Å²) in [6.45, 7) is 1.24. The molecular weight excluding hydrogens is 252 g/mol. The Morgan fingerprint density at radius 1 is 1.15 bits per heavy atom. The van der Waals surface area contributed by atoms with Gasteiger partial charge in [-0.1, -0.05) is 18.2 Å². The summed E-state index contributed by atoms with van der Waals surface area (Å²) >= 11 is 0. The van der Waals surface area contributed by atoms with Crippen molar-refractivity contribution in [2.45, 2.75) is 38.3 Å². The Morgan fingerprint density at radius 2 is 1.95 bits per heavy atom. The average Bonchev–Trinajstić information content (AvgIpc) is 2.92. The molecule has 2 aromatic rings. The van der Waals surface area contributed by atoms with Gasteiger partial charge in [0.2, 0.25) is 0 Å². The summed E-state index contributed by atoms with van der Waals surface area (Å²) in [6.07, 6.45) is 4.53. The van der Waals surface area contributed by atoms with Crippen molar-refractivity contribution in [1.82, 2.24) is 14.8 Å². The molecule has 1 aliphatic rings. The van der Waals surface area contributed by atoms with Crippen LogP contribution in [0.4, 0.5) is 0 Å². The minimum Gasteiger partial charge on any atom is -0.378 e. The van der Waals surface area contributed by atoms with Crippen LogP contribution in [-0.4, -0.2) is 27.5 Å². The molecule has 0 bridgehead atoms. The second-order valence-corrected chi connectivity index (χ2v) is 5.10. The topological polar surface area (TPSA) is 66.0 Å². The molecule has 1 fully saturated rings. The zero-order valence-corrected chi connectivity index (χ0v) is 11.5. The highest BCUT2D eigenvalue weighted by atomic mass is 16.5. The fourth-order valence-electron chi connectivity index (χ4n) is 2.67. The standard InChI is InChI=1S/C15H20N4O/c16-11-15-18-17-14(10-13-8-4-5-9-20-13)19(15)12-6-2-1-3-7-12/h1-3,6-7,13H,4-5,8-11,16H2. The van der Waals surface area contributed by atoms with E-state index in [-0.39, 0.29) is 6.10 Å². The number of rotatable bonds is 4. The molecule has 0 spiro atoms. The van der Waals surface area contributed by atoms with Crippen LogP contribution in [0, 0.1) is 0 Å². The van der Waals surface area contributed by atoms with Crippen LogP contribution < -0.4 is 5.73 Å². The third kappa shape index (κ3) is 2.73. The van der Waals surface area contributed by atoms with Crippen molar-refractivity contribution >= 4 is 0 Å². The largest absolute Gasteiger partial charge is 0.378 e. The van der Waals surface area contributed by atoms with E-state index in [1.54, 1.807) is 0 Å². The van der Waals surface area contributed by atoms with E-state index >= 15 is 0 Å². The number of hydrogen-bond donors (Lipinski definition) is 1. The third-order valence-electron chi connectivity index (χ3n) is 3.68. The van der Waals surface area contributed by atoms with Crippen molar-refractivity contribution in [3.8, 4) is 5.69 Å². The molecule has 1 aromatic heterocycles. The van der Waals surface area contributed by atoms with Crippen LogP contribution in [-0.2, 0) is 17.7 Å². The van der Waals surface area contributed by atoms with Crippen molar-refractivity contribution in [3.63, 3.8) is 0 Å². The Morgan fingerprint density at radius 3 is 2.65 bits per heavy atom. The van der Waals surface area contributed by atoms with Crippen LogP contribution in [0.25, 0.3) is 5.69 Å². The Bertz CT molecular complexity index is 546. The van der Waals surface area contributed by atoms with Gasteiger partial charge in [0.15, 0.2) is 5.82 Å². The molecule has 2 N–H and O–H groups in total. The molecule has 5 nitrogen and oxygen atoms in total. The van der Waals surface area contributed by atoms with Crippen LogP contribution in [0.15, 0.2) is 30.3 Å². The van der Waals surface area contributed by atoms with Crippen LogP contribution >= 0.6 is 0 Å². The maximum atomic E-state index is 5.80. The smallest absolute Gasteiger partial charge is 0.151 e. The van der Waals surface area contributed by atoms with Crippen molar-refractivity contribution < 1.29 is 4.74 Å². The molecule has 106 valence electrons. The van der Waals surface area contributed by atoms with Gasteiger partial charge in [-0.3, -0.25) is 4.57 Å². The SMILES string of the molecule is NCc1nnc(CC2CCCCO2)n1-c1ccccc1. The molecule has 1 atom stereocenters. The molecule has 0 saturated carbocycles. The predicted molar refractivity (Wildman–Crippen MR) is 76.5 cm³/mol. The van der Waals surface area contributed by atoms with Crippen molar-refractivity contribution in [3.05, 3.63) is 42.0 Å². The number of nitrogens with zero attached hydrogens (tertiary/aromatic N) is 3. The van der Waals surface area contributed by atoms with Gasteiger partial charge in [0.05, 0.1) is 12.6 Å². The van der Waals surface area contributed by atoms with Gasteiger partial charge in [-0.25, -0.2) is 0 Å². The summed E-state index contributed by atoms with van der Waals surface area (Å²) in [5, 5.41) is 8.52. The molecule has 0 aliphatic carbocycles. The van der Waals surface area contributed by atoms with Gasteiger partial charge in [-0.15, -0.1) is 10.2 Å². The fourth-order valence-corrected chi connectivity index (χ4v) is 2.67. The van der Waals surface area contributed by atoms with E-state index in [0.717, 1.165) is 43.2 Å². The zero-order chi connectivity index (χ0) is 13.8. The Balaban J connectivity index is 1.89. The first-order valence-electron chi connectivity index (χ1n) is 7.18. The molecule has 2 heterocycles. The van der Waals surface area contributed by atoms with Gasteiger partial charge >= 0.3 is 0 Å². The lowest BCUT2D eigenvalue weighted by molar-refractivity contribution is 0.0154. The Labute approximate surface area is 118 Å². The molecular formula is C15H20N4O. The summed E-state index contributed by atoms with van der Waals surface area (Å²) in [5.41, 5.74) is 6.84. The zero-order valence-electron chi connectivity index (χ0n) is 11.5. The molecule has 20 heavy (non-hydrogen) atoms. The lowest BCUT2D eigenvalue weighted by Gasteiger charge is -2.22. The first kappa shape index (κ1) is 13.3. The first-order chi connectivity index (χ1) is 9.88. The number of hydrogen-bond acceptors (Lipinski definition) is 4. The maximum Gasteiger partial charge on any atom is 0.151 e. The lowest BCUT2D eigenvalue weighted by atomic mass is 10.1. The van der Waals surface area contributed by atoms with Crippen LogP contribution in [0.5, 0.6) is 0 Å². The van der Waals surface area contributed by atoms with Crippen LogP contribution in [0.3, 0.4) is 0 Å². The molecule has 0 radical (unpaired) electrons. The first-order valence-corrected chi connectivity index (χ1v) is 7.18. The van der Waals surface area contributed by atoms with E-state index in [9.17, 15) is 0 Å². The van der Waals surface area contributed by atoms with Gasteiger partial charge < -0.3 is 10.5 Å². The second kappa shape index (κ2) is 6.15. The van der Waals surface area contributed by atoms with Crippen molar-refractivity contribution in [1.29, 1.82) is 0 Å². The summed E-state index contributed by atoms with van der Waals surface area (Å²) < 4.78 is 7.86. The molecule has 1 aromatic carbocycles. The number of benzene rings is 1. The van der Waals surface area contributed by atoms with Gasteiger partial charge in [-0.2, -0.15) is 0 Å². The van der Waals surface area contributed by atoms with Crippen LogP contribution in [0.1, 0.15) is 30.9 Å². The van der Waals surface area contributed by atoms with E-state index in [1.807, 2.05) is 30.3 Å². The summed E-state index contributed by atoms with van der Waals surface area (Å²) in [6, 6.07) is 10.1. The third-order valence-corrected chi connectivity index (χ3v) is 3.68. The van der Waals surface area contributed by atoms with Crippen LogP contribution in [0.2, 0.25) is 0 Å². The minimum absolute atomic E-state index is 0.251. The monoisotopic (exact) mass is 272 g/mol. The quantitative estimate of drug-likeness (QED) is 0.922. The number of ether oxygens (including phenoxy) is 1. The molecule has 1 unspecified atom stereocenters. The van der Waals surface area contributed by atoms with E-state index < -0.39 is 0 Å². The summed E-state index contributed by atoms with van der Waals surface area (Å²) in [7, 11) is 0. The Hall–Kier alpha value is -1.72. The number of para-hydroxylation sites is 1. The highest BCUT2D eigenvalue weighted by Crippen LogP contribution is 2.19.